The number of likely N-dealkylation sites (tertiary alicyclic amines) is 1. The van der Waals surface area contributed by atoms with Crippen molar-refractivity contribution in [3.05, 3.63) is 35.9 Å². The zero-order valence-corrected chi connectivity index (χ0v) is 11.7. The van der Waals surface area contributed by atoms with Crippen molar-refractivity contribution in [3.8, 4) is 0 Å². The summed E-state index contributed by atoms with van der Waals surface area (Å²) in [5.41, 5.74) is 1.69. The Kier molecular flexibility index (Phi) is 3.79. The summed E-state index contributed by atoms with van der Waals surface area (Å²) in [7, 11) is 0. The number of halogens is 1. The molecule has 94 valence electrons. The summed E-state index contributed by atoms with van der Waals surface area (Å²) in [6, 6.07) is 11.3. The highest BCUT2D eigenvalue weighted by Gasteiger charge is 2.38. The molecule has 2 atom stereocenters. The van der Waals surface area contributed by atoms with Crippen LogP contribution < -0.4 is 0 Å². The lowest BCUT2D eigenvalue weighted by atomic mass is 9.85. The minimum Gasteiger partial charge on any atom is -0.294 e. The van der Waals surface area contributed by atoms with Gasteiger partial charge >= 0.3 is 0 Å². The van der Waals surface area contributed by atoms with E-state index in [4.69, 9.17) is 11.6 Å². The minimum atomic E-state index is 0.304. The van der Waals surface area contributed by atoms with E-state index in [0.717, 1.165) is 19.5 Å². The van der Waals surface area contributed by atoms with Gasteiger partial charge in [-0.25, -0.2) is 0 Å². The molecule has 1 fully saturated rings. The van der Waals surface area contributed by atoms with Crippen LogP contribution in [-0.4, -0.2) is 22.9 Å². The fraction of sp³-hybridized carbons (Fsp3) is 0.600. The van der Waals surface area contributed by atoms with E-state index in [1.165, 1.54) is 5.56 Å². The zero-order valence-electron chi connectivity index (χ0n) is 11.0. The van der Waals surface area contributed by atoms with Gasteiger partial charge in [0.05, 0.1) is 0 Å². The number of hydrogen-bond donors (Lipinski definition) is 0. The molecule has 0 bridgehead atoms. The van der Waals surface area contributed by atoms with E-state index in [1.54, 1.807) is 0 Å². The van der Waals surface area contributed by atoms with Gasteiger partial charge in [0.2, 0.25) is 0 Å². The Morgan fingerprint density at radius 2 is 1.88 bits per heavy atom. The maximum absolute atomic E-state index is 6.33. The fourth-order valence-corrected chi connectivity index (χ4v) is 3.09. The Labute approximate surface area is 110 Å². The Morgan fingerprint density at radius 1 is 1.24 bits per heavy atom. The summed E-state index contributed by atoms with van der Waals surface area (Å²) < 4.78 is 0. The van der Waals surface area contributed by atoms with Crippen LogP contribution in [0.3, 0.4) is 0 Å². The summed E-state index contributed by atoms with van der Waals surface area (Å²) in [5, 5.41) is 0.308. The van der Waals surface area contributed by atoms with Gasteiger partial charge in [0.1, 0.15) is 0 Å². The molecule has 0 unspecified atom stereocenters. The van der Waals surface area contributed by atoms with Gasteiger partial charge in [-0.2, -0.15) is 0 Å². The molecule has 0 N–H and O–H groups in total. The van der Waals surface area contributed by atoms with Crippen LogP contribution in [0.15, 0.2) is 30.3 Å². The molecule has 17 heavy (non-hydrogen) atoms. The molecule has 1 aromatic rings. The van der Waals surface area contributed by atoms with Crippen LogP contribution in [0.1, 0.15) is 32.8 Å². The Hall–Kier alpha value is -0.530. The molecule has 1 aromatic carbocycles. The fourth-order valence-electron chi connectivity index (χ4n) is 2.74. The first-order chi connectivity index (χ1) is 7.97. The Bertz CT molecular complexity index is 355. The van der Waals surface area contributed by atoms with Gasteiger partial charge in [0.25, 0.3) is 0 Å². The minimum absolute atomic E-state index is 0.304. The normalized spacial score (nSPS) is 26.4. The SMILES string of the molecule is CC(C)(C)[C@H]1C[C@H](Cl)CN1Cc1ccccc1. The first-order valence-corrected chi connectivity index (χ1v) is 6.82. The van der Waals surface area contributed by atoms with Crippen LogP contribution in [0.2, 0.25) is 0 Å². The van der Waals surface area contributed by atoms with Gasteiger partial charge < -0.3 is 0 Å². The molecule has 1 aliphatic rings. The van der Waals surface area contributed by atoms with Crippen molar-refractivity contribution in [2.75, 3.05) is 6.54 Å². The first kappa shape index (κ1) is 12.9. The summed E-state index contributed by atoms with van der Waals surface area (Å²) in [6.07, 6.45) is 1.11. The highest BCUT2D eigenvalue weighted by atomic mass is 35.5. The molecule has 2 rings (SSSR count). The summed E-state index contributed by atoms with van der Waals surface area (Å²) in [6.45, 7) is 8.96. The summed E-state index contributed by atoms with van der Waals surface area (Å²) in [5.74, 6) is 0. The number of alkyl halides is 1. The van der Waals surface area contributed by atoms with E-state index in [0.29, 0.717) is 16.8 Å². The van der Waals surface area contributed by atoms with Crippen LogP contribution in [0.25, 0.3) is 0 Å². The number of nitrogens with zero attached hydrogens (tertiary/aromatic N) is 1. The monoisotopic (exact) mass is 251 g/mol. The molecule has 0 saturated carbocycles. The largest absolute Gasteiger partial charge is 0.294 e. The second kappa shape index (κ2) is 4.99. The first-order valence-electron chi connectivity index (χ1n) is 6.39. The van der Waals surface area contributed by atoms with Crippen molar-refractivity contribution >= 4 is 11.6 Å². The standard InChI is InChI=1S/C15H22ClN/c1-15(2,3)14-9-13(16)11-17(14)10-12-7-5-4-6-8-12/h4-8,13-14H,9-11H2,1-3H3/t13-,14+/m0/s1. The lowest BCUT2D eigenvalue weighted by Crippen LogP contribution is -2.38. The van der Waals surface area contributed by atoms with Crippen molar-refractivity contribution in [2.45, 2.75) is 45.2 Å². The average molecular weight is 252 g/mol. The van der Waals surface area contributed by atoms with E-state index >= 15 is 0 Å². The topological polar surface area (TPSA) is 3.24 Å². The molecule has 0 aliphatic carbocycles. The van der Waals surface area contributed by atoms with E-state index < -0.39 is 0 Å². The second-order valence-corrected chi connectivity index (χ2v) is 6.75. The number of benzene rings is 1. The third-order valence-electron chi connectivity index (χ3n) is 3.58. The van der Waals surface area contributed by atoms with Crippen LogP contribution in [0.4, 0.5) is 0 Å². The summed E-state index contributed by atoms with van der Waals surface area (Å²) in [4.78, 5) is 2.53. The van der Waals surface area contributed by atoms with Gasteiger partial charge in [0.15, 0.2) is 0 Å². The predicted molar refractivity (Wildman–Crippen MR) is 74.4 cm³/mol. The van der Waals surface area contributed by atoms with Crippen LogP contribution in [0, 0.1) is 5.41 Å². The molecule has 1 saturated heterocycles. The molecule has 0 aromatic heterocycles. The number of hydrogen-bond acceptors (Lipinski definition) is 1. The lowest BCUT2D eigenvalue weighted by molar-refractivity contribution is 0.134. The van der Waals surface area contributed by atoms with Gasteiger partial charge in [-0.05, 0) is 17.4 Å². The molecule has 1 nitrogen and oxygen atoms in total. The van der Waals surface area contributed by atoms with Crippen molar-refractivity contribution in [2.24, 2.45) is 5.41 Å². The van der Waals surface area contributed by atoms with Crippen LogP contribution >= 0.6 is 11.6 Å². The lowest BCUT2D eigenvalue weighted by Gasteiger charge is -2.35. The molecule has 0 radical (unpaired) electrons. The molecule has 2 heteroatoms. The third kappa shape index (κ3) is 3.23. The third-order valence-corrected chi connectivity index (χ3v) is 3.90. The average Bonchev–Trinajstić information content (AvgIpc) is 2.60. The van der Waals surface area contributed by atoms with E-state index in [2.05, 4.69) is 56.0 Å². The smallest absolute Gasteiger partial charge is 0.0478 e. The van der Waals surface area contributed by atoms with Crippen LogP contribution in [0.5, 0.6) is 0 Å². The quantitative estimate of drug-likeness (QED) is 0.721. The van der Waals surface area contributed by atoms with Crippen molar-refractivity contribution in [3.63, 3.8) is 0 Å². The Morgan fingerprint density at radius 3 is 2.47 bits per heavy atom. The van der Waals surface area contributed by atoms with E-state index in [1.807, 2.05) is 0 Å². The molecule has 0 amide bonds. The van der Waals surface area contributed by atoms with Crippen molar-refractivity contribution in [1.29, 1.82) is 0 Å². The predicted octanol–water partition coefficient (Wildman–Crippen LogP) is 3.91. The zero-order chi connectivity index (χ0) is 12.5. The number of rotatable bonds is 2. The highest BCUT2D eigenvalue weighted by Crippen LogP contribution is 2.35. The molecular formula is C15H22ClN. The van der Waals surface area contributed by atoms with Crippen molar-refractivity contribution < 1.29 is 0 Å². The van der Waals surface area contributed by atoms with E-state index in [9.17, 15) is 0 Å². The maximum Gasteiger partial charge on any atom is 0.0478 e. The van der Waals surface area contributed by atoms with Gasteiger partial charge in [0, 0.05) is 24.5 Å². The van der Waals surface area contributed by atoms with Crippen molar-refractivity contribution in [1.82, 2.24) is 4.90 Å². The van der Waals surface area contributed by atoms with E-state index in [-0.39, 0.29) is 0 Å². The van der Waals surface area contributed by atoms with Gasteiger partial charge in [-0.1, -0.05) is 51.1 Å². The second-order valence-electron chi connectivity index (χ2n) is 6.13. The van der Waals surface area contributed by atoms with Gasteiger partial charge in [-0.15, -0.1) is 11.6 Å². The maximum atomic E-state index is 6.33. The van der Waals surface area contributed by atoms with Crippen LogP contribution in [-0.2, 0) is 6.54 Å². The molecule has 1 aliphatic heterocycles. The van der Waals surface area contributed by atoms with Gasteiger partial charge in [-0.3, -0.25) is 4.90 Å². The molecule has 1 heterocycles. The molecular weight excluding hydrogens is 230 g/mol. The highest BCUT2D eigenvalue weighted by molar-refractivity contribution is 6.21. The molecule has 0 spiro atoms. The Balaban J connectivity index is 2.09. The summed E-state index contributed by atoms with van der Waals surface area (Å²) >= 11 is 6.33.